The Labute approximate surface area is 93.4 Å². The number of hydrogen-bond acceptors (Lipinski definition) is 5. The molecule has 2 rings (SSSR count). The molecule has 6 heteroatoms. The molecule has 5 nitrogen and oxygen atoms in total. The Kier molecular flexibility index (Phi) is 3.33. The van der Waals surface area contributed by atoms with Gasteiger partial charge in [0.2, 0.25) is 5.28 Å². The van der Waals surface area contributed by atoms with Gasteiger partial charge in [0, 0.05) is 13.1 Å². The van der Waals surface area contributed by atoms with Crippen molar-refractivity contribution < 1.29 is 4.74 Å². The molecule has 0 aromatic carbocycles. The number of hydrogen-bond donors (Lipinski definition) is 0. The first-order valence-electron chi connectivity index (χ1n) is 5.01. The van der Waals surface area contributed by atoms with Gasteiger partial charge in [-0.2, -0.15) is 10.1 Å². The molecule has 82 valence electrons. The number of halogens is 1. The van der Waals surface area contributed by atoms with Gasteiger partial charge in [0.1, 0.15) is 0 Å². The number of ether oxygens (including phenoxy) is 1. The lowest BCUT2D eigenvalue weighted by Gasteiger charge is -2.32. The van der Waals surface area contributed by atoms with E-state index in [2.05, 4.69) is 27.0 Å². The van der Waals surface area contributed by atoms with Crippen molar-refractivity contribution in [1.29, 1.82) is 0 Å². The third-order valence-electron chi connectivity index (χ3n) is 2.44. The van der Waals surface area contributed by atoms with Crippen molar-refractivity contribution in [3.05, 3.63) is 11.5 Å². The van der Waals surface area contributed by atoms with Crippen molar-refractivity contribution in [2.24, 2.45) is 0 Å². The fraction of sp³-hybridized carbons (Fsp3) is 0.667. The minimum Gasteiger partial charge on any atom is -0.375 e. The van der Waals surface area contributed by atoms with Crippen LogP contribution in [0.5, 0.6) is 0 Å². The fourth-order valence-corrected chi connectivity index (χ4v) is 1.73. The minimum absolute atomic E-state index is 0.187. The van der Waals surface area contributed by atoms with Gasteiger partial charge in [-0.05, 0) is 18.0 Å². The van der Waals surface area contributed by atoms with Gasteiger partial charge < -0.3 is 9.64 Å². The van der Waals surface area contributed by atoms with E-state index in [1.54, 1.807) is 6.20 Å². The molecule has 1 unspecified atom stereocenters. The molecule has 1 aliphatic rings. The van der Waals surface area contributed by atoms with E-state index >= 15 is 0 Å². The molecule has 1 fully saturated rings. The van der Waals surface area contributed by atoms with Gasteiger partial charge in [-0.15, -0.1) is 5.10 Å². The molecule has 0 aliphatic carbocycles. The summed E-state index contributed by atoms with van der Waals surface area (Å²) in [5.41, 5.74) is 0. The maximum atomic E-state index is 5.69. The van der Waals surface area contributed by atoms with Crippen LogP contribution in [-0.2, 0) is 4.74 Å². The van der Waals surface area contributed by atoms with Crippen LogP contribution >= 0.6 is 11.6 Å². The third kappa shape index (κ3) is 2.54. The third-order valence-corrected chi connectivity index (χ3v) is 2.60. The monoisotopic (exact) mass is 228 g/mol. The summed E-state index contributed by atoms with van der Waals surface area (Å²) in [6, 6.07) is 0. The largest absolute Gasteiger partial charge is 0.375 e. The molecule has 0 bridgehead atoms. The van der Waals surface area contributed by atoms with Crippen molar-refractivity contribution in [2.45, 2.75) is 19.4 Å². The first-order chi connectivity index (χ1) is 7.29. The molecule has 0 spiro atoms. The molecule has 1 aromatic heterocycles. The predicted molar refractivity (Wildman–Crippen MR) is 57.1 cm³/mol. The second kappa shape index (κ2) is 4.72. The molecule has 0 saturated carbocycles. The van der Waals surface area contributed by atoms with Gasteiger partial charge in [0.15, 0.2) is 5.82 Å². The summed E-state index contributed by atoms with van der Waals surface area (Å²) < 4.78 is 5.57. The maximum absolute atomic E-state index is 5.69. The smallest absolute Gasteiger partial charge is 0.244 e. The highest BCUT2D eigenvalue weighted by molar-refractivity contribution is 6.28. The van der Waals surface area contributed by atoms with Crippen LogP contribution in [0.4, 0.5) is 5.82 Å². The molecule has 1 saturated heterocycles. The number of aromatic nitrogens is 3. The Bertz CT molecular complexity index is 336. The molecule has 0 radical (unpaired) electrons. The van der Waals surface area contributed by atoms with E-state index in [4.69, 9.17) is 16.3 Å². The van der Waals surface area contributed by atoms with E-state index in [0.717, 1.165) is 31.9 Å². The summed E-state index contributed by atoms with van der Waals surface area (Å²) >= 11 is 5.69. The zero-order chi connectivity index (χ0) is 10.7. The van der Waals surface area contributed by atoms with Crippen LogP contribution in [0.2, 0.25) is 5.28 Å². The number of anilines is 1. The number of rotatable bonds is 2. The van der Waals surface area contributed by atoms with Crippen LogP contribution in [-0.4, -0.2) is 41.0 Å². The molecule has 1 atom stereocenters. The SMILES string of the molecule is CCC1CN(c2cnnc(Cl)n2)CCO1. The van der Waals surface area contributed by atoms with Crippen LogP contribution in [0.1, 0.15) is 13.3 Å². The quantitative estimate of drug-likeness (QED) is 0.760. The second-order valence-electron chi connectivity index (χ2n) is 3.43. The summed E-state index contributed by atoms with van der Waals surface area (Å²) in [6.45, 7) is 4.50. The van der Waals surface area contributed by atoms with Gasteiger partial charge in [-0.3, -0.25) is 0 Å². The van der Waals surface area contributed by atoms with Crippen LogP contribution in [0.15, 0.2) is 6.20 Å². The molecular weight excluding hydrogens is 216 g/mol. The maximum Gasteiger partial charge on any atom is 0.244 e. The summed E-state index contributed by atoms with van der Waals surface area (Å²) in [6.07, 6.45) is 2.90. The molecule has 0 N–H and O–H groups in total. The normalized spacial score (nSPS) is 21.7. The van der Waals surface area contributed by atoms with Gasteiger partial charge >= 0.3 is 0 Å². The van der Waals surface area contributed by atoms with Crippen LogP contribution in [0, 0.1) is 0 Å². The average molecular weight is 229 g/mol. The molecular formula is C9H13ClN4O. The predicted octanol–water partition coefficient (Wildman–Crippen LogP) is 1.14. The molecule has 1 aromatic rings. The van der Waals surface area contributed by atoms with Crippen molar-refractivity contribution in [3.63, 3.8) is 0 Å². The molecule has 2 heterocycles. The highest BCUT2D eigenvalue weighted by Gasteiger charge is 2.20. The van der Waals surface area contributed by atoms with Crippen LogP contribution < -0.4 is 4.90 Å². The van der Waals surface area contributed by atoms with Gasteiger partial charge in [-0.1, -0.05) is 6.92 Å². The molecule has 15 heavy (non-hydrogen) atoms. The fourth-order valence-electron chi connectivity index (χ4n) is 1.60. The summed E-state index contributed by atoms with van der Waals surface area (Å²) in [5.74, 6) is 0.775. The van der Waals surface area contributed by atoms with E-state index in [-0.39, 0.29) is 11.4 Å². The van der Waals surface area contributed by atoms with E-state index in [0.29, 0.717) is 0 Å². The van der Waals surface area contributed by atoms with Crippen molar-refractivity contribution in [1.82, 2.24) is 15.2 Å². The Morgan fingerprint density at radius 1 is 1.67 bits per heavy atom. The van der Waals surface area contributed by atoms with Crippen LogP contribution in [0.25, 0.3) is 0 Å². The first-order valence-corrected chi connectivity index (χ1v) is 5.39. The van der Waals surface area contributed by atoms with Crippen LogP contribution in [0.3, 0.4) is 0 Å². The van der Waals surface area contributed by atoms with Gasteiger partial charge in [-0.25, -0.2) is 0 Å². The molecule has 0 amide bonds. The summed E-state index contributed by atoms with van der Waals surface area (Å²) in [5, 5.41) is 7.59. The first kappa shape index (κ1) is 10.6. The van der Waals surface area contributed by atoms with Crippen molar-refractivity contribution in [2.75, 3.05) is 24.6 Å². The lowest BCUT2D eigenvalue weighted by molar-refractivity contribution is 0.0381. The van der Waals surface area contributed by atoms with Gasteiger partial charge in [0.05, 0.1) is 18.9 Å². The number of morpholine rings is 1. The Morgan fingerprint density at radius 2 is 2.53 bits per heavy atom. The minimum atomic E-state index is 0.187. The van der Waals surface area contributed by atoms with E-state index in [1.807, 2.05) is 0 Å². The summed E-state index contributed by atoms with van der Waals surface area (Å²) in [4.78, 5) is 6.25. The molecule has 1 aliphatic heterocycles. The van der Waals surface area contributed by atoms with E-state index < -0.39 is 0 Å². The Hall–Kier alpha value is -0.940. The highest BCUT2D eigenvalue weighted by Crippen LogP contribution is 2.16. The van der Waals surface area contributed by atoms with E-state index in [9.17, 15) is 0 Å². The topological polar surface area (TPSA) is 51.1 Å². The van der Waals surface area contributed by atoms with Crippen molar-refractivity contribution in [3.8, 4) is 0 Å². The lowest BCUT2D eigenvalue weighted by atomic mass is 10.2. The number of nitrogens with zero attached hydrogens (tertiary/aromatic N) is 4. The average Bonchev–Trinajstić information content (AvgIpc) is 2.29. The highest BCUT2D eigenvalue weighted by atomic mass is 35.5. The standard InChI is InChI=1S/C9H13ClN4O/c1-2-7-6-14(3-4-15-7)8-5-11-13-9(10)12-8/h5,7H,2-4,6H2,1H3. The lowest BCUT2D eigenvalue weighted by Crippen LogP contribution is -2.42. The Balaban J connectivity index is 2.09. The van der Waals surface area contributed by atoms with Crippen molar-refractivity contribution >= 4 is 17.4 Å². The zero-order valence-electron chi connectivity index (χ0n) is 8.56. The van der Waals surface area contributed by atoms with E-state index in [1.165, 1.54) is 0 Å². The summed E-state index contributed by atoms with van der Waals surface area (Å²) in [7, 11) is 0. The zero-order valence-corrected chi connectivity index (χ0v) is 9.31. The second-order valence-corrected chi connectivity index (χ2v) is 3.77. The van der Waals surface area contributed by atoms with Gasteiger partial charge in [0.25, 0.3) is 0 Å². The Morgan fingerprint density at radius 3 is 3.27 bits per heavy atom.